The van der Waals surface area contributed by atoms with Gasteiger partial charge in [0.1, 0.15) is 4.91 Å². The van der Waals surface area contributed by atoms with E-state index in [2.05, 4.69) is 6.92 Å². The lowest BCUT2D eigenvalue weighted by atomic mass is 10.3. The van der Waals surface area contributed by atoms with E-state index < -0.39 is 16.8 Å². The molecule has 0 aliphatic heterocycles. The molecule has 0 spiro atoms. The van der Waals surface area contributed by atoms with Crippen LogP contribution in [0.15, 0.2) is 23.1 Å². The molecule has 0 aliphatic carbocycles. The predicted octanol–water partition coefficient (Wildman–Crippen LogP) is 2.47. The van der Waals surface area contributed by atoms with Gasteiger partial charge < -0.3 is 5.11 Å². The van der Waals surface area contributed by atoms with Gasteiger partial charge in [0.05, 0.1) is 10.8 Å². The third-order valence-electron chi connectivity index (χ3n) is 1.83. The quantitative estimate of drug-likeness (QED) is 0.415. The van der Waals surface area contributed by atoms with E-state index in [1.165, 1.54) is 6.08 Å². The van der Waals surface area contributed by atoms with Crippen LogP contribution in [-0.2, 0) is 15.6 Å². The van der Waals surface area contributed by atoms with E-state index in [-0.39, 0.29) is 4.91 Å². The second kappa shape index (κ2) is 8.41. The van der Waals surface area contributed by atoms with Crippen LogP contribution in [0.5, 0.6) is 0 Å². The van der Waals surface area contributed by atoms with Crippen molar-refractivity contribution in [1.82, 2.24) is 0 Å². The lowest BCUT2D eigenvalue weighted by molar-refractivity contribution is -0.131. The molecule has 1 N–H and O–H groups in total. The first kappa shape index (κ1) is 14.1. The monoisotopic (exact) mass is 230 g/mol. The molecule has 0 rings (SSSR count). The van der Waals surface area contributed by atoms with Crippen molar-refractivity contribution < 1.29 is 14.1 Å². The van der Waals surface area contributed by atoms with E-state index in [1.807, 2.05) is 0 Å². The summed E-state index contributed by atoms with van der Waals surface area (Å²) in [4.78, 5) is 10.8. The molecular formula is C11H18O3S. The third kappa shape index (κ3) is 6.23. The molecule has 0 amide bonds. The van der Waals surface area contributed by atoms with Gasteiger partial charge in [-0.05, 0) is 19.4 Å². The summed E-state index contributed by atoms with van der Waals surface area (Å²) in [6.07, 6.45) is 7.56. The van der Waals surface area contributed by atoms with Crippen molar-refractivity contribution >= 4 is 16.8 Å². The summed E-state index contributed by atoms with van der Waals surface area (Å²) >= 11 is 0. The van der Waals surface area contributed by atoms with Crippen molar-refractivity contribution in [2.75, 3.05) is 5.75 Å². The SMILES string of the molecule is CC=CC=C(C(=O)O)S(=O)CCCCC. The smallest absolute Gasteiger partial charge is 0.344 e. The minimum Gasteiger partial charge on any atom is -0.477 e. The Morgan fingerprint density at radius 1 is 1.40 bits per heavy atom. The van der Waals surface area contributed by atoms with E-state index in [9.17, 15) is 9.00 Å². The van der Waals surface area contributed by atoms with Crippen LogP contribution in [-0.4, -0.2) is 21.0 Å². The number of rotatable bonds is 7. The molecule has 0 saturated heterocycles. The molecule has 0 heterocycles. The topological polar surface area (TPSA) is 54.4 Å². The van der Waals surface area contributed by atoms with E-state index in [1.54, 1.807) is 19.1 Å². The normalized spacial score (nSPS) is 14.4. The summed E-state index contributed by atoms with van der Waals surface area (Å²) in [5.74, 6) is -0.660. The molecular weight excluding hydrogens is 212 g/mol. The van der Waals surface area contributed by atoms with Gasteiger partial charge in [-0.1, -0.05) is 31.9 Å². The highest BCUT2D eigenvalue weighted by atomic mass is 32.2. The lowest BCUT2D eigenvalue weighted by Crippen LogP contribution is -2.09. The van der Waals surface area contributed by atoms with Gasteiger partial charge in [0.15, 0.2) is 0 Å². The summed E-state index contributed by atoms with van der Waals surface area (Å²) in [7, 11) is -1.38. The second-order valence-corrected chi connectivity index (χ2v) is 4.66. The zero-order chi connectivity index (χ0) is 11.7. The molecule has 0 aromatic heterocycles. The fourth-order valence-corrected chi connectivity index (χ4v) is 2.13. The highest BCUT2D eigenvalue weighted by molar-refractivity contribution is 7.90. The van der Waals surface area contributed by atoms with Crippen LogP contribution < -0.4 is 0 Å². The first-order valence-corrected chi connectivity index (χ1v) is 6.40. The largest absolute Gasteiger partial charge is 0.477 e. The van der Waals surface area contributed by atoms with E-state index in [0.29, 0.717) is 5.75 Å². The van der Waals surface area contributed by atoms with Gasteiger partial charge >= 0.3 is 5.97 Å². The lowest BCUT2D eigenvalue weighted by Gasteiger charge is -2.01. The average molecular weight is 230 g/mol. The predicted molar refractivity (Wildman–Crippen MR) is 63.1 cm³/mol. The highest BCUT2D eigenvalue weighted by Gasteiger charge is 2.13. The zero-order valence-corrected chi connectivity index (χ0v) is 10.0. The number of allylic oxidation sites excluding steroid dienone is 3. The summed E-state index contributed by atoms with van der Waals surface area (Å²) in [6, 6.07) is 0. The number of hydrogen-bond acceptors (Lipinski definition) is 2. The first-order valence-electron chi connectivity index (χ1n) is 5.08. The van der Waals surface area contributed by atoms with Crippen molar-refractivity contribution in [3.05, 3.63) is 23.1 Å². The Morgan fingerprint density at radius 3 is 2.53 bits per heavy atom. The average Bonchev–Trinajstić information content (AvgIpc) is 2.18. The fraction of sp³-hybridized carbons (Fsp3) is 0.545. The van der Waals surface area contributed by atoms with Crippen LogP contribution in [0.4, 0.5) is 0 Å². The van der Waals surface area contributed by atoms with Crippen molar-refractivity contribution in [3.63, 3.8) is 0 Å². The van der Waals surface area contributed by atoms with E-state index >= 15 is 0 Å². The number of aliphatic carboxylic acids is 1. The van der Waals surface area contributed by atoms with Gasteiger partial charge in [-0.25, -0.2) is 4.79 Å². The molecule has 0 radical (unpaired) electrons. The Morgan fingerprint density at radius 2 is 2.07 bits per heavy atom. The molecule has 0 bridgehead atoms. The summed E-state index contributed by atoms with van der Waals surface area (Å²) in [6.45, 7) is 3.84. The van der Waals surface area contributed by atoms with E-state index in [4.69, 9.17) is 5.11 Å². The molecule has 86 valence electrons. The van der Waals surface area contributed by atoms with Crippen LogP contribution >= 0.6 is 0 Å². The number of carbonyl (C=O) groups is 1. The molecule has 15 heavy (non-hydrogen) atoms. The van der Waals surface area contributed by atoms with Gasteiger partial charge in [0.2, 0.25) is 0 Å². The zero-order valence-electron chi connectivity index (χ0n) is 9.23. The van der Waals surface area contributed by atoms with Crippen LogP contribution in [0.3, 0.4) is 0 Å². The molecule has 0 fully saturated rings. The molecule has 4 heteroatoms. The summed E-state index contributed by atoms with van der Waals surface area (Å²) < 4.78 is 11.6. The Labute approximate surface area is 93.3 Å². The number of carboxylic acid groups (broad SMARTS) is 1. The maximum Gasteiger partial charge on any atom is 0.344 e. The molecule has 1 atom stereocenters. The number of unbranched alkanes of at least 4 members (excludes halogenated alkanes) is 2. The molecule has 0 saturated carbocycles. The standard InChI is InChI=1S/C11H18O3S/c1-3-5-7-9-15(14)10(11(12)13)8-6-4-2/h4,6,8H,3,5,7,9H2,1-2H3,(H,12,13). The van der Waals surface area contributed by atoms with Crippen molar-refractivity contribution in [2.24, 2.45) is 0 Å². The Bertz CT molecular complexity index is 280. The summed E-state index contributed by atoms with van der Waals surface area (Å²) in [5, 5.41) is 8.83. The van der Waals surface area contributed by atoms with Gasteiger partial charge in [-0.2, -0.15) is 0 Å². The van der Waals surface area contributed by atoms with Gasteiger partial charge in [0.25, 0.3) is 0 Å². The summed E-state index contributed by atoms with van der Waals surface area (Å²) in [5.41, 5.74) is 0. The fourth-order valence-electron chi connectivity index (χ4n) is 1.02. The van der Waals surface area contributed by atoms with Crippen LogP contribution in [0.25, 0.3) is 0 Å². The maximum absolute atomic E-state index is 11.6. The molecule has 0 aromatic carbocycles. The number of carboxylic acids is 1. The van der Waals surface area contributed by atoms with Crippen LogP contribution in [0.2, 0.25) is 0 Å². The maximum atomic E-state index is 11.6. The van der Waals surface area contributed by atoms with Crippen molar-refractivity contribution in [1.29, 1.82) is 0 Å². The first-order chi connectivity index (χ1) is 7.13. The number of hydrogen-bond donors (Lipinski definition) is 1. The second-order valence-electron chi connectivity index (χ2n) is 3.12. The molecule has 3 nitrogen and oxygen atoms in total. The Balaban J connectivity index is 4.37. The minimum atomic E-state index is -1.38. The van der Waals surface area contributed by atoms with Gasteiger partial charge in [-0.15, -0.1) is 0 Å². The third-order valence-corrected chi connectivity index (χ3v) is 3.29. The Kier molecular flexibility index (Phi) is 7.91. The van der Waals surface area contributed by atoms with Gasteiger partial charge in [0, 0.05) is 5.75 Å². The Hall–Kier alpha value is -0.900. The van der Waals surface area contributed by atoms with Crippen molar-refractivity contribution in [2.45, 2.75) is 33.1 Å². The van der Waals surface area contributed by atoms with E-state index in [0.717, 1.165) is 19.3 Å². The van der Waals surface area contributed by atoms with Crippen LogP contribution in [0.1, 0.15) is 33.1 Å². The molecule has 0 aromatic rings. The molecule has 0 aliphatic rings. The van der Waals surface area contributed by atoms with Crippen LogP contribution in [0, 0.1) is 0 Å². The molecule has 1 unspecified atom stereocenters. The highest BCUT2D eigenvalue weighted by Crippen LogP contribution is 2.07. The minimum absolute atomic E-state index is 0.01000. The van der Waals surface area contributed by atoms with Gasteiger partial charge in [-0.3, -0.25) is 4.21 Å². The van der Waals surface area contributed by atoms with Crippen molar-refractivity contribution in [3.8, 4) is 0 Å².